The summed E-state index contributed by atoms with van der Waals surface area (Å²) in [5.74, 6) is -1.53. The molecule has 9 heteroatoms. The number of β-lactam (4-membered cyclic amide) rings is 1. The maximum atomic E-state index is 12.6. The summed E-state index contributed by atoms with van der Waals surface area (Å²) in [7, 11) is 0. The van der Waals surface area contributed by atoms with Crippen molar-refractivity contribution in [3.63, 3.8) is 0 Å². The number of imide groups is 1. The van der Waals surface area contributed by atoms with E-state index in [9.17, 15) is 19.2 Å². The molecule has 3 rings (SSSR count). The van der Waals surface area contributed by atoms with Crippen LogP contribution in [0.3, 0.4) is 0 Å². The van der Waals surface area contributed by atoms with Crippen molar-refractivity contribution in [2.45, 2.75) is 45.1 Å². The zero-order valence-electron chi connectivity index (χ0n) is 18.6. The molecule has 0 unspecified atom stereocenters. The van der Waals surface area contributed by atoms with Crippen LogP contribution in [0, 0.1) is 0 Å². The molecule has 0 saturated carbocycles. The van der Waals surface area contributed by atoms with Gasteiger partial charge >= 0.3 is 18.2 Å². The van der Waals surface area contributed by atoms with Gasteiger partial charge in [0.05, 0.1) is 0 Å². The van der Waals surface area contributed by atoms with Crippen LogP contribution >= 0.6 is 0 Å². The lowest BCUT2D eigenvalue weighted by molar-refractivity contribution is -0.181. The minimum absolute atomic E-state index is 0.0454. The number of nitrogens with zero attached hydrogens (tertiary/aromatic N) is 1. The van der Waals surface area contributed by atoms with Gasteiger partial charge in [0, 0.05) is 0 Å². The van der Waals surface area contributed by atoms with Crippen molar-refractivity contribution in [3.05, 3.63) is 71.8 Å². The number of amides is 3. The third kappa shape index (κ3) is 6.31. The predicted octanol–water partition coefficient (Wildman–Crippen LogP) is 3.34. The van der Waals surface area contributed by atoms with Gasteiger partial charge in [0.2, 0.25) is 6.10 Å². The third-order valence-corrected chi connectivity index (χ3v) is 4.63. The van der Waals surface area contributed by atoms with Gasteiger partial charge in [-0.15, -0.1) is 0 Å². The number of hydrogen-bond acceptors (Lipinski definition) is 7. The van der Waals surface area contributed by atoms with Crippen LogP contribution in [-0.4, -0.2) is 47.2 Å². The largest absolute Gasteiger partial charge is 0.448 e. The molecule has 0 aromatic heterocycles. The van der Waals surface area contributed by atoms with Crippen molar-refractivity contribution >= 4 is 24.1 Å². The molecular weight excluding hydrogens is 428 g/mol. The van der Waals surface area contributed by atoms with Crippen LogP contribution in [0.4, 0.5) is 9.59 Å². The highest BCUT2D eigenvalue weighted by Gasteiger charge is 2.55. The summed E-state index contributed by atoms with van der Waals surface area (Å²) in [6.07, 6.45) is -2.84. The molecule has 1 fully saturated rings. The van der Waals surface area contributed by atoms with E-state index in [1.807, 2.05) is 18.2 Å². The minimum Gasteiger partial charge on any atom is -0.448 e. The van der Waals surface area contributed by atoms with E-state index in [2.05, 4.69) is 5.32 Å². The van der Waals surface area contributed by atoms with Gasteiger partial charge in [0.1, 0.15) is 24.8 Å². The topological polar surface area (TPSA) is 111 Å². The molecule has 1 aliphatic heterocycles. The summed E-state index contributed by atoms with van der Waals surface area (Å²) in [5.41, 5.74) is 0.601. The SMILES string of the molecule is CC(C)(C)OC(=O)N1C(=O)[C@H](OC(=O)CNC(=O)OCc2ccccc2)[C@@H]1c1ccccc1. The highest BCUT2D eigenvalue weighted by atomic mass is 16.6. The second-order valence-electron chi connectivity index (χ2n) is 8.37. The summed E-state index contributed by atoms with van der Waals surface area (Å²) in [5, 5.41) is 2.29. The Morgan fingerprint density at radius 3 is 2.18 bits per heavy atom. The van der Waals surface area contributed by atoms with Gasteiger partial charge in [-0.1, -0.05) is 60.7 Å². The average molecular weight is 454 g/mol. The van der Waals surface area contributed by atoms with Crippen LogP contribution in [0.5, 0.6) is 0 Å². The zero-order valence-corrected chi connectivity index (χ0v) is 18.6. The number of carbonyl (C=O) groups excluding carboxylic acids is 4. The second kappa shape index (κ2) is 10.2. The lowest BCUT2D eigenvalue weighted by atomic mass is 9.91. The Hall–Kier alpha value is -3.88. The minimum atomic E-state index is -1.21. The van der Waals surface area contributed by atoms with E-state index in [-0.39, 0.29) is 6.61 Å². The fourth-order valence-electron chi connectivity index (χ4n) is 3.17. The Balaban J connectivity index is 1.58. The maximum Gasteiger partial charge on any atom is 0.417 e. The van der Waals surface area contributed by atoms with Gasteiger partial charge in [-0.25, -0.2) is 14.5 Å². The number of likely N-dealkylation sites (tertiary alicyclic amines) is 1. The number of alkyl carbamates (subject to hydrolysis) is 1. The number of ether oxygens (including phenoxy) is 3. The highest BCUT2D eigenvalue weighted by molar-refractivity contribution is 6.02. The first-order chi connectivity index (χ1) is 15.7. The summed E-state index contributed by atoms with van der Waals surface area (Å²) in [6.45, 7) is 4.61. The lowest BCUT2D eigenvalue weighted by Gasteiger charge is -2.44. The zero-order chi connectivity index (χ0) is 24.0. The van der Waals surface area contributed by atoms with Crippen molar-refractivity contribution in [3.8, 4) is 0 Å². The van der Waals surface area contributed by atoms with E-state index >= 15 is 0 Å². The van der Waals surface area contributed by atoms with Crippen LogP contribution in [-0.2, 0) is 30.4 Å². The van der Waals surface area contributed by atoms with E-state index < -0.39 is 48.4 Å². The van der Waals surface area contributed by atoms with Crippen molar-refractivity contribution in [1.29, 1.82) is 0 Å². The standard InChI is InChI=1S/C24H26N2O7/c1-24(2,3)33-23(30)26-19(17-12-8-5-9-13-17)20(21(26)28)32-18(27)14-25-22(29)31-15-16-10-6-4-7-11-16/h4-13,19-20H,14-15H2,1-3H3,(H,25,29)/t19-,20+/m0/s1. The molecule has 2 aromatic rings. The highest BCUT2D eigenvalue weighted by Crippen LogP contribution is 2.38. The van der Waals surface area contributed by atoms with Gasteiger partial charge in [-0.2, -0.15) is 0 Å². The average Bonchev–Trinajstić information content (AvgIpc) is 2.78. The van der Waals surface area contributed by atoms with Crippen molar-refractivity contribution in [1.82, 2.24) is 10.2 Å². The molecule has 0 bridgehead atoms. The summed E-state index contributed by atoms with van der Waals surface area (Å²) < 4.78 is 15.6. The molecule has 0 radical (unpaired) electrons. The predicted molar refractivity (Wildman–Crippen MR) is 117 cm³/mol. The van der Waals surface area contributed by atoms with Gasteiger partial charge in [-0.3, -0.25) is 9.59 Å². The maximum absolute atomic E-state index is 12.6. The number of benzene rings is 2. The Labute approximate surface area is 191 Å². The van der Waals surface area contributed by atoms with Crippen LogP contribution in [0.15, 0.2) is 60.7 Å². The van der Waals surface area contributed by atoms with Crippen LogP contribution < -0.4 is 5.32 Å². The molecule has 174 valence electrons. The smallest absolute Gasteiger partial charge is 0.417 e. The fraction of sp³-hybridized carbons (Fsp3) is 0.333. The normalized spacial score (nSPS) is 17.5. The molecular formula is C24H26N2O7. The van der Waals surface area contributed by atoms with E-state index in [1.165, 1.54) is 0 Å². The van der Waals surface area contributed by atoms with Crippen molar-refractivity contribution < 1.29 is 33.4 Å². The van der Waals surface area contributed by atoms with Crippen LogP contribution in [0.1, 0.15) is 37.9 Å². The van der Waals surface area contributed by atoms with E-state index in [1.54, 1.807) is 63.2 Å². The first-order valence-corrected chi connectivity index (χ1v) is 10.4. The fourth-order valence-corrected chi connectivity index (χ4v) is 3.17. The summed E-state index contributed by atoms with van der Waals surface area (Å²) >= 11 is 0. The van der Waals surface area contributed by atoms with Gasteiger partial charge in [-0.05, 0) is 31.9 Å². The van der Waals surface area contributed by atoms with Gasteiger partial charge in [0.25, 0.3) is 5.91 Å². The quantitative estimate of drug-likeness (QED) is 0.405. The van der Waals surface area contributed by atoms with E-state index in [0.717, 1.165) is 10.5 Å². The Morgan fingerprint density at radius 2 is 1.58 bits per heavy atom. The molecule has 1 N–H and O–H groups in total. The molecule has 1 saturated heterocycles. The number of rotatable bonds is 6. The molecule has 0 aliphatic carbocycles. The van der Waals surface area contributed by atoms with E-state index in [4.69, 9.17) is 14.2 Å². The molecule has 9 nitrogen and oxygen atoms in total. The van der Waals surface area contributed by atoms with Gasteiger partial charge < -0.3 is 19.5 Å². The summed E-state index contributed by atoms with van der Waals surface area (Å²) in [4.78, 5) is 50.2. The number of hydrogen-bond donors (Lipinski definition) is 1. The van der Waals surface area contributed by atoms with Crippen molar-refractivity contribution in [2.24, 2.45) is 0 Å². The summed E-state index contributed by atoms with van der Waals surface area (Å²) in [6, 6.07) is 16.9. The molecule has 3 amide bonds. The van der Waals surface area contributed by atoms with Gasteiger partial charge in [0.15, 0.2) is 0 Å². The third-order valence-electron chi connectivity index (χ3n) is 4.63. The number of nitrogens with one attached hydrogen (secondary N) is 1. The molecule has 2 atom stereocenters. The number of esters is 1. The Kier molecular flexibility index (Phi) is 7.32. The van der Waals surface area contributed by atoms with Crippen LogP contribution in [0.25, 0.3) is 0 Å². The van der Waals surface area contributed by atoms with Crippen molar-refractivity contribution in [2.75, 3.05) is 6.54 Å². The Bertz CT molecular complexity index is 1000. The monoisotopic (exact) mass is 454 g/mol. The second-order valence-corrected chi connectivity index (χ2v) is 8.37. The number of carbonyl (C=O) groups is 4. The molecule has 2 aromatic carbocycles. The first kappa shape index (κ1) is 23.8. The van der Waals surface area contributed by atoms with Crippen LogP contribution in [0.2, 0.25) is 0 Å². The molecule has 1 aliphatic rings. The lowest BCUT2D eigenvalue weighted by Crippen LogP contribution is -2.63. The Morgan fingerprint density at radius 1 is 0.970 bits per heavy atom. The van der Waals surface area contributed by atoms with E-state index in [0.29, 0.717) is 5.56 Å². The molecule has 33 heavy (non-hydrogen) atoms. The first-order valence-electron chi connectivity index (χ1n) is 10.4. The molecule has 0 spiro atoms. The molecule has 1 heterocycles.